The minimum Gasteiger partial charge on any atom is -0.364 e. The van der Waals surface area contributed by atoms with Crippen molar-refractivity contribution in [2.45, 2.75) is 13.1 Å². The Labute approximate surface area is 82.4 Å². The van der Waals surface area contributed by atoms with Gasteiger partial charge < -0.3 is 10.3 Å². The van der Waals surface area contributed by atoms with E-state index in [2.05, 4.69) is 20.5 Å². The molecule has 0 fully saturated rings. The van der Waals surface area contributed by atoms with Crippen LogP contribution in [0.4, 0.5) is 0 Å². The van der Waals surface area contributed by atoms with Gasteiger partial charge in [0, 0.05) is 31.2 Å². The van der Waals surface area contributed by atoms with Crippen LogP contribution in [0.2, 0.25) is 0 Å². The molecular formula is C10H12N4. The van der Waals surface area contributed by atoms with Gasteiger partial charge in [0.25, 0.3) is 0 Å². The smallest absolute Gasteiger partial charge is 0.0769 e. The fourth-order valence-electron chi connectivity index (χ4n) is 1.23. The first kappa shape index (κ1) is 8.90. The van der Waals surface area contributed by atoms with E-state index in [1.165, 1.54) is 5.69 Å². The molecule has 0 unspecified atom stereocenters. The van der Waals surface area contributed by atoms with Crippen molar-refractivity contribution >= 4 is 0 Å². The number of hydrogen-bond donors (Lipinski definition) is 2. The summed E-state index contributed by atoms with van der Waals surface area (Å²) in [6.45, 7) is 1.57. The maximum atomic E-state index is 3.97. The quantitative estimate of drug-likeness (QED) is 0.755. The average Bonchev–Trinajstić information content (AvgIpc) is 2.72. The molecule has 4 nitrogen and oxygen atoms in total. The number of H-pyrrole nitrogens is 1. The first-order valence-electron chi connectivity index (χ1n) is 4.55. The first-order valence-corrected chi connectivity index (χ1v) is 4.55. The van der Waals surface area contributed by atoms with Gasteiger partial charge in [0.15, 0.2) is 0 Å². The van der Waals surface area contributed by atoms with Crippen LogP contribution < -0.4 is 5.32 Å². The van der Waals surface area contributed by atoms with E-state index >= 15 is 0 Å². The summed E-state index contributed by atoms with van der Waals surface area (Å²) in [6.07, 6.45) is 3.59. The maximum Gasteiger partial charge on any atom is 0.0769 e. The Kier molecular flexibility index (Phi) is 2.88. The van der Waals surface area contributed by atoms with Gasteiger partial charge in [0.1, 0.15) is 0 Å². The van der Waals surface area contributed by atoms with Gasteiger partial charge in [-0.25, -0.2) is 0 Å². The molecule has 14 heavy (non-hydrogen) atoms. The molecule has 0 aromatic carbocycles. The standard InChI is InChI=1S/C10H12N4/c1-3-9(12-5-1)7-11-8-10-4-2-6-13-14-10/h1-6,11-12H,7-8H2. The predicted octanol–water partition coefficient (Wildman–Crippen LogP) is 1.09. The summed E-state index contributed by atoms with van der Waals surface area (Å²) >= 11 is 0. The van der Waals surface area contributed by atoms with E-state index in [1.54, 1.807) is 6.20 Å². The van der Waals surface area contributed by atoms with Crippen molar-refractivity contribution in [3.63, 3.8) is 0 Å². The van der Waals surface area contributed by atoms with Crippen LogP contribution in [0.3, 0.4) is 0 Å². The molecule has 72 valence electrons. The summed E-state index contributed by atoms with van der Waals surface area (Å²) in [4.78, 5) is 3.12. The highest BCUT2D eigenvalue weighted by atomic mass is 15.1. The van der Waals surface area contributed by atoms with Crippen LogP contribution in [0.15, 0.2) is 36.7 Å². The minimum atomic E-state index is 0.743. The Balaban J connectivity index is 1.79. The fraction of sp³-hybridized carbons (Fsp3) is 0.200. The van der Waals surface area contributed by atoms with Gasteiger partial charge in [-0.05, 0) is 24.3 Å². The van der Waals surface area contributed by atoms with Crippen LogP contribution in [0.5, 0.6) is 0 Å². The van der Waals surface area contributed by atoms with Crippen LogP contribution in [-0.2, 0) is 13.1 Å². The van der Waals surface area contributed by atoms with Gasteiger partial charge in [-0.1, -0.05) is 0 Å². The molecule has 0 amide bonds. The summed E-state index contributed by atoms with van der Waals surface area (Å²) in [5, 5.41) is 11.0. The third-order valence-corrected chi connectivity index (χ3v) is 1.91. The molecule has 4 heteroatoms. The second-order valence-electron chi connectivity index (χ2n) is 3.01. The molecule has 0 aliphatic carbocycles. The average molecular weight is 188 g/mol. The van der Waals surface area contributed by atoms with E-state index < -0.39 is 0 Å². The zero-order valence-corrected chi connectivity index (χ0v) is 7.77. The third kappa shape index (κ3) is 2.40. The van der Waals surface area contributed by atoms with E-state index in [4.69, 9.17) is 0 Å². The number of rotatable bonds is 4. The predicted molar refractivity (Wildman–Crippen MR) is 53.4 cm³/mol. The largest absolute Gasteiger partial charge is 0.364 e. The molecule has 0 saturated carbocycles. The minimum absolute atomic E-state index is 0.743. The van der Waals surface area contributed by atoms with E-state index in [9.17, 15) is 0 Å². The van der Waals surface area contributed by atoms with Crippen molar-refractivity contribution in [3.8, 4) is 0 Å². The van der Waals surface area contributed by atoms with Crippen LogP contribution in [0.25, 0.3) is 0 Å². The van der Waals surface area contributed by atoms with Gasteiger partial charge in [-0.3, -0.25) is 0 Å². The van der Waals surface area contributed by atoms with Crippen LogP contribution >= 0.6 is 0 Å². The van der Waals surface area contributed by atoms with Crippen molar-refractivity contribution < 1.29 is 0 Å². The SMILES string of the molecule is c1cnnc(CNCc2ccc[nH]2)c1. The van der Waals surface area contributed by atoms with Crippen LogP contribution in [0, 0.1) is 0 Å². The molecule has 0 aliphatic rings. The number of aromatic nitrogens is 3. The Morgan fingerprint density at radius 2 is 2.21 bits per heavy atom. The Bertz CT molecular complexity index is 355. The summed E-state index contributed by atoms with van der Waals surface area (Å²) < 4.78 is 0. The van der Waals surface area contributed by atoms with Gasteiger partial charge in [0.2, 0.25) is 0 Å². The summed E-state index contributed by atoms with van der Waals surface area (Å²) in [5.74, 6) is 0. The Hall–Kier alpha value is -1.68. The lowest BCUT2D eigenvalue weighted by Crippen LogP contribution is -2.14. The summed E-state index contributed by atoms with van der Waals surface area (Å²) in [5.41, 5.74) is 2.13. The molecule has 0 saturated heterocycles. The normalized spacial score (nSPS) is 10.3. The molecule has 0 bridgehead atoms. The van der Waals surface area contributed by atoms with Crippen molar-refractivity contribution in [2.75, 3.05) is 0 Å². The van der Waals surface area contributed by atoms with Gasteiger partial charge in [-0.15, -0.1) is 0 Å². The molecule has 2 aromatic rings. The molecule has 2 N–H and O–H groups in total. The zero-order valence-electron chi connectivity index (χ0n) is 7.77. The zero-order chi connectivity index (χ0) is 9.64. The van der Waals surface area contributed by atoms with Crippen molar-refractivity contribution in [1.29, 1.82) is 0 Å². The number of nitrogens with zero attached hydrogens (tertiary/aromatic N) is 2. The molecule has 0 radical (unpaired) electrons. The molecule has 2 heterocycles. The lowest BCUT2D eigenvalue weighted by atomic mass is 10.3. The number of hydrogen-bond acceptors (Lipinski definition) is 3. The van der Waals surface area contributed by atoms with Crippen molar-refractivity contribution in [1.82, 2.24) is 20.5 Å². The Morgan fingerprint density at radius 3 is 2.93 bits per heavy atom. The van der Waals surface area contributed by atoms with Crippen LogP contribution in [-0.4, -0.2) is 15.2 Å². The molecule has 2 rings (SSSR count). The second-order valence-corrected chi connectivity index (χ2v) is 3.01. The molecule has 2 aromatic heterocycles. The van der Waals surface area contributed by atoms with Crippen molar-refractivity contribution in [3.05, 3.63) is 48.0 Å². The summed E-state index contributed by atoms with van der Waals surface area (Å²) in [6, 6.07) is 7.87. The lowest BCUT2D eigenvalue weighted by Gasteiger charge is -2.01. The lowest BCUT2D eigenvalue weighted by molar-refractivity contribution is 0.661. The fourth-order valence-corrected chi connectivity index (χ4v) is 1.23. The first-order chi connectivity index (χ1) is 6.95. The van der Waals surface area contributed by atoms with E-state index in [-0.39, 0.29) is 0 Å². The number of aromatic amines is 1. The summed E-state index contributed by atoms with van der Waals surface area (Å²) in [7, 11) is 0. The highest BCUT2D eigenvalue weighted by Gasteiger charge is 1.94. The molecule has 0 spiro atoms. The molecule has 0 atom stereocenters. The van der Waals surface area contributed by atoms with Gasteiger partial charge >= 0.3 is 0 Å². The van der Waals surface area contributed by atoms with Crippen molar-refractivity contribution in [2.24, 2.45) is 0 Å². The van der Waals surface area contributed by atoms with E-state index in [0.717, 1.165) is 18.8 Å². The Morgan fingerprint density at radius 1 is 1.21 bits per heavy atom. The molecular weight excluding hydrogens is 176 g/mol. The monoisotopic (exact) mass is 188 g/mol. The van der Waals surface area contributed by atoms with E-state index in [1.807, 2.05) is 30.5 Å². The van der Waals surface area contributed by atoms with Gasteiger partial charge in [0.05, 0.1) is 5.69 Å². The van der Waals surface area contributed by atoms with Crippen LogP contribution in [0.1, 0.15) is 11.4 Å². The second kappa shape index (κ2) is 4.53. The van der Waals surface area contributed by atoms with E-state index in [0.29, 0.717) is 0 Å². The van der Waals surface area contributed by atoms with Gasteiger partial charge in [-0.2, -0.15) is 10.2 Å². The molecule has 0 aliphatic heterocycles. The maximum absolute atomic E-state index is 3.97. The third-order valence-electron chi connectivity index (χ3n) is 1.91. The highest BCUT2D eigenvalue weighted by molar-refractivity contribution is 5.04. The number of nitrogens with one attached hydrogen (secondary N) is 2. The highest BCUT2D eigenvalue weighted by Crippen LogP contribution is 1.95. The topological polar surface area (TPSA) is 53.6 Å².